The predicted molar refractivity (Wildman–Crippen MR) is 85.8 cm³/mol. The molecule has 1 aromatic rings. The number of benzene rings is 1. The third-order valence-corrected chi connectivity index (χ3v) is 3.81. The Morgan fingerprint density at radius 1 is 1.29 bits per heavy atom. The summed E-state index contributed by atoms with van der Waals surface area (Å²) >= 11 is 0. The normalized spacial score (nSPS) is 15.5. The number of likely N-dealkylation sites (N-methyl/N-ethyl adjacent to an activating group) is 1. The maximum atomic E-state index is 12.2. The van der Waals surface area contributed by atoms with E-state index in [0.717, 1.165) is 10.5 Å². The molecule has 0 spiro atoms. The molecule has 0 bridgehead atoms. The number of ether oxygens (including phenoxy) is 2. The molecule has 2 rings (SSSR count). The molecule has 0 aromatic heterocycles. The van der Waals surface area contributed by atoms with Gasteiger partial charge in [0.25, 0.3) is 5.91 Å². The van der Waals surface area contributed by atoms with E-state index < -0.39 is 11.9 Å². The molecule has 1 fully saturated rings. The lowest BCUT2D eigenvalue weighted by Gasteiger charge is -2.20. The summed E-state index contributed by atoms with van der Waals surface area (Å²) in [7, 11) is 4.61. The molecular formula is C16H21N3O5. The molecular weight excluding hydrogens is 314 g/mol. The molecule has 0 aliphatic carbocycles. The molecule has 8 nitrogen and oxygen atoms in total. The molecule has 1 heterocycles. The monoisotopic (exact) mass is 335 g/mol. The molecule has 1 aliphatic rings. The fourth-order valence-electron chi connectivity index (χ4n) is 2.51. The number of carbonyl (C=O) groups is 3. The molecule has 1 aromatic carbocycles. The largest absolute Gasteiger partial charge is 0.497 e. The molecule has 1 aliphatic heterocycles. The molecule has 1 atom stereocenters. The van der Waals surface area contributed by atoms with Crippen molar-refractivity contribution in [2.24, 2.45) is 0 Å². The van der Waals surface area contributed by atoms with Crippen LogP contribution < -0.4 is 14.8 Å². The van der Waals surface area contributed by atoms with E-state index in [1.165, 1.54) is 19.1 Å². The van der Waals surface area contributed by atoms with Gasteiger partial charge in [-0.1, -0.05) is 0 Å². The SMILES string of the molecule is COc1ccc(OC)c([C@H](C)NC(=O)CN2C(=O)CN(C)C2=O)c1. The van der Waals surface area contributed by atoms with E-state index in [2.05, 4.69) is 5.32 Å². The maximum absolute atomic E-state index is 12.2. The minimum absolute atomic E-state index is 0.00856. The Hall–Kier alpha value is -2.77. The van der Waals surface area contributed by atoms with Crippen LogP contribution in [0, 0.1) is 0 Å². The van der Waals surface area contributed by atoms with Crippen LogP contribution in [-0.4, -0.2) is 62.0 Å². The zero-order valence-corrected chi connectivity index (χ0v) is 14.2. The lowest BCUT2D eigenvalue weighted by atomic mass is 10.1. The topological polar surface area (TPSA) is 88.2 Å². The zero-order chi connectivity index (χ0) is 17.9. The number of imide groups is 1. The Morgan fingerprint density at radius 2 is 2.00 bits per heavy atom. The van der Waals surface area contributed by atoms with Crippen LogP contribution in [-0.2, 0) is 9.59 Å². The van der Waals surface area contributed by atoms with E-state index >= 15 is 0 Å². The van der Waals surface area contributed by atoms with Crippen LogP contribution in [0.5, 0.6) is 11.5 Å². The molecule has 8 heteroatoms. The number of urea groups is 1. The van der Waals surface area contributed by atoms with E-state index in [4.69, 9.17) is 9.47 Å². The minimum atomic E-state index is -0.471. The standard InChI is InChI=1S/C16H21N3O5/c1-10(12-7-11(23-3)5-6-13(12)24-4)17-14(20)8-19-15(21)9-18(2)16(19)22/h5-7,10H,8-9H2,1-4H3,(H,17,20)/t10-/m0/s1. The highest BCUT2D eigenvalue weighted by molar-refractivity contribution is 6.04. The maximum Gasteiger partial charge on any atom is 0.327 e. The first-order valence-electron chi connectivity index (χ1n) is 7.44. The van der Waals surface area contributed by atoms with Crippen molar-refractivity contribution < 1.29 is 23.9 Å². The first-order valence-corrected chi connectivity index (χ1v) is 7.44. The molecule has 0 saturated carbocycles. The highest BCUT2D eigenvalue weighted by atomic mass is 16.5. The predicted octanol–water partition coefficient (Wildman–Crippen LogP) is 0.775. The van der Waals surface area contributed by atoms with Crippen molar-refractivity contribution >= 4 is 17.8 Å². The number of nitrogens with one attached hydrogen (secondary N) is 1. The van der Waals surface area contributed by atoms with Gasteiger partial charge in [-0.2, -0.15) is 0 Å². The van der Waals surface area contributed by atoms with Crippen molar-refractivity contribution in [3.8, 4) is 11.5 Å². The van der Waals surface area contributed by atoms with Gasteiger partial charge in [-0.25, -0.2) is 4.79 Å². The van der Waals surface area contributed by atoms with Gasteiger partial charge >= 0.3 is 6.03 Å². The van der Waals surface area contributed by atoms with Gasteiger partial charge in [0.1, 0.15) is 24.6 Å². The van der Waals surface area contributed by atoms with Crippen LogP contribution in [0.3, 0.4) is 0 Å². The molecule has 1 N–H and O–H groups in total. The van der Waals surface area contributed by atoms with E-state index in [0.29, 0.717) is 11.5 Å². The first-order chi connectivity index (χ1) is 11.4. The highest BCUT2D eigenvalue weighted by Crippen LogP contribution is 2.29. The summed E-state index contributed by atoms with van der Waals surface area (Å²) in [6.45, 7) is 1.47. The summed E-state index contributed by atoms with van der Waals surface area (Å²) in [5, 5.41) is 2.77. The summed E-state index contributed by atoms with van der Waals surface area (Å²) in [4.78, 5) is 37.9. The molecule has 1 saturated heterocycles. The number of amides is 4. The van der Waals surface area contributed by atoms with Gasteiger partial charge in [-0.3, -0.25) is 14.5 Å². The van der Waals surface area contributed by atoms with Crippen molar-refractivity contribution in [3.63, 3.8) is 0 Å². The number of rotatable bonds is 6. The van der Waals surface area contributed by atoms with Gasteiger partial charge in [0.2, 0.25) is 5.91 Å². The van der Waals surface area contributed by atoms with Crippen LogP contribution in [0.1, 0.15) is 18.5 Å². The Labute approximate surface area is 140 Å². The van der Waals surface area contributed by atoms with Crippen LogP contribution in [0.4, 0.5) is 4.79 Å². The second-order valence-corrected chi connectivity index (χ2v) is 5.52. The lowest BCUT2D eigenvalue weighted by Crippen LogP contribution is -2.41. The summed E-state index contributed by atoms with van der Waals surface area (Å²) in [6.07, 6.45) is 0. The lowest BCUT2D eigenvalue weighted by molar-refractivity contribution is -0.131. The van der Waals surface area contributed by atoms with Gasteiger partial charge in [-0.15, -0.1) is 0 Å². The van der Waals surface area contributed by atoms with Crippen LogP contribution in [0.25, 0.3) is 0 Å². The number of hydrogen-bond donors (Lipinski definition) is 1. The summed E-state index contributed by atoms with van der Waals surface area (Å²) in [6, 6.07) is 4.42. The van der Waals surface area contributed by atoms with Crippen molar-refractivity contribution in [2.75, 3.05) is 34.4 Å². The summed E-state index contributed by atoms with van der Waals surface area (Å²) in [5.74, 6) is 0.434. The van der Waals surface area contributed by atoms with E-state index in [9.17, 15) is 14.4 Å². The van der Waals surface area contributed by atoms with E-state index in [1.54, 1.807) is 32.2 Å². The van der Waals surface area contributed by atoms with Crippen LogP contribution in [0.2, 0.25) is 0 Å². The molecule has 0 radical (unpaired) electrons. The van der Waals surface area contributed by atoms with Crippen LogP contribution in [0.15, 0.2) is 18.2 Å². The van der Waals surface area contributed by atoms with Crippen molar-refractivity contribution in [1.82, 2.24) is 15.1 Å². The van der Waals surface area contributed by atoms with Crippen molar-refractivity contribution in [1.29, 1.82) is 0 Å². The second kappa shape index (κ2) is 7.20. The van der Waals surface area contributed by atoms with E-state index in [1.807, 2.05) is 0 Å². The molecule has 0 unspecified atom stereocenters. The smallest absolute Gasteiger partial charge is 0.327 e. The third kappa shape index (κ3) is 3.58. The number of methoxy groups -OCH3 is 2. The Morgan fingerprint density at radius 3 is 2.54 bits per heavy atom. The van der Waals surface area contributed by atoms with Crippen molar-refractivity contribution in [2.45, 2.75) is 13.0 Å². The fourth-order valence-corrected chi connectivity index (χ4v) is 2.51. The van der Waals surface area contributed by atoms with Gasteiger partial charge in [0.15, 0.2) is 0 Å². The second-order valence-electron chi connectivity index (χ2n) is 5.52. The third-order valence-electron chi connectivity index (χ3n) is 3.81. The average molecular weight is 335 g/mol. The minimum Gasteiger partial charge on any atom is -0.497 e. The summed E-state index contributed by atoms with van der Waals surface area (Å²) < 4.78 is 10.5. The number of nitrogens with zero attached hydrogens (tertiary/aromatic N) is 2. The van der Waals surface area contributed by atoms with Gasteiger partial charge in [0.05, 0.1) is 20.3 Å². The highest BCUT2D eigenvalue weighted by Gasteiger charge is 2.35. The Kier molecular flexibility index (Phi) is 5.28. The summed E-state index contributed by atoms with van der Waals surface area (Å²) in [5.41, 5.74) is 0.737. The van der Waals surface area contributed by atoms with Crippen LogP contribution >= 0.6 is 0 Å². The van der Waals surface area contributed by atoms with Gasteiger partial charge in [-0.05, 0) is 25.1 Å². The first kappa shape index (κ1) is 17.6. The Balaban J connectivity index is 2.06. The van der Waals surface area contributed by atoms with Crippen molar-refractivity contribution in [3.05, 3.63) is 23.8 Å². The van der Waals surface area contributed by atoms with Gasteiger partial charge in [0, 0.05) is 12.6 Å². The molecule has 24 heavy (non-hydrogen) atoms. The number of carbonyl (C=O) groups excluding carboxylic acids is 3. The molecule has 130 valence electrons. The van der Waals surface area contributed by atoms with Gasteiger partial charge < -0.3 is 19.7 Å². The average Bonchev–Trinajstić information content (AvgIpc) is 2.80. The molecule has 4 amide bonds. The Bertz CT molecular complexity index is 661. The van der Waals surface area contributed by atoms with E-state index in [-0.39, 0.29) is 25.0 Å². The zero-order valence-electron chi connectivity index (χ0n) is 14.2. The quantitative estimate of drug-likeness (QED) is 0.776. The number of hydrogen-bond acceptors (Lipinski definition) is 5. The fraction of sp³-hybridized carbons (Fsp3) is 0.438.